The molecule has 1 aromatic carbocycles. The summed E-state index contributed by atoms with van der Waals surface area (Å²) in [4.78, 5) is 18.3. The van der Waals surface area contributed by atoms with Gasteiger partial charge in [-0.25, -0.2) is 13.8 Å². The van der Waals surface area contributed by atoms with Gasteiger partial charge < -0.3 is 20.1 Å². The summed E-state index contributed by atoms with van der Waals surface area (Å²) in [5.74, 6) is 1.58. The maximum atomic E-state index is 14.2. The first-order valence-corrected chi connectivity index (χ1v) is 14.7. The van der Waals surface area contributed by atoms with E-state index in [9.17, 15) is 13.9 Å². The van der Waals surface area contributed by atoms with Crippen molar-refractivity contribution in [3.8, 4) is 5.82 Å². The van der Waals surface area contributed by atoms with E-state index in [-0.39, 0.29) is 17.9 Å². The van der Waals surface area contributed by atoms with E-state index in [1.165, 1.54) is 4.57 Å². The minimum absolute atomic E-state index is 0.0664. The van der Waals surface area contributed by atoms with E-state index in [2.05, 4.69) is 41.0 Å². The third-order valence-electron chi connectivity index (χ3n) is 8.95. The Labute approximate surface area is 240 Å². The lowest BCUT2D eigenvalue weighted by atomic mass is 9.84. The monoisotopic (exact) mass is 571 g/mol. The van der Waals surface area contributed by atoms with Gasteiger partial charge in [0.05, 0.1) is 35.9 Å². The van der Waals surface area contributed by atoms with E-state index < -0.39 is 12.0 Å². The van der Waals surface area contributed by atoms with Crippen LogP contribution < -0.4 is 10.2 Å². The van der Waals surface area contributed by atoms with Crippen molar-refractivity contribution in [2.24, 2.45) is 5.92 Å². The van der Waals surface area contributed by atoms with Gasteiger partial charge in [-0.15, -0.1) is 0 Å². The van der Waals surface area contributed by atoms with Crippen LogP contribution in [-0.4, -0.2) is 86.6 Å². The first kappa shape index (κ1) is 29.6. The highest BCUT2D eigenvalue weighted by Crippen LogP contribution is 2.32. The molecule has 2 aliphatic rings. The molecule has 3 heterocycles. The Morgan fingerprint density at radius 3 is 2.51 bits per heavy atom. The maximum absolute atomic E-state index is 14.2. The van der Waals surface area contributed by atoms with Crippen LogP contribution in [-0.2, 0) is 4.74 Å². The molecule has 2 atom stereocenters. The number of alkyl halides is 2. The predicted molar refractivity (Wildman–Crippen MR) is 157 cm³/mol. The number of benzene rings is 1. The van der Waals surface area contributed by atoms with Gasteiger partial charge in [0.2, 0.25) is 5.95 Å². The smallest absolute Gasteiger partial charge is 0.296 e. The highest BCUT2D eigenvalue weighted by atomic mass is 19.3. The molecule has 41 heavy (non-hydrogen) atoms. The molecule has 224 valence electrons. The molecular formula is C30H43F2N7O2. The summed E-state index contributed by atoms with van der Waals surface area (Å²) in [6, 6.07) is 9.50. The summed E-state index contributed by atoms with van der Waals surface area (Å²) in [7, 11) is 2.10. The van der Waals surface area contributed by atoms with Crippen LogP contribution in [0.1, 0.15) is 65.6 Å². The topological polar surface area (TPSA) is 91.6 Å². The van der Waals surface area contributed by atoms with Crippen molar-refractivity contribution in [2.45, 2.75) is 83.5 Å². The van der Waals surface area contributed by atoms with Crippen molar-refractivity contribution in [2.75, 3.05) is 43.6 Å². The molecule has 0 bridgehead atoms. The van der Waals surface area contributed by atoms with Crippen molar-refractivity contribution in [3.63, 3.8) is 0 Å². The van der Waals surface area contributed by atoms with E-state index in [0.29, 0.717) is 66.9 Å². The molecule has 3 aromatic rings. The minimum atomic E-state index is -2.76. The number of likely N-dealkylation sites (N-methyl/N-ethyl adjacent to an activating group) is 1. The SMILES string of the molecule is CC(N(C)[C@H]1CC[C@H](CNc2nc(N3CCOC[C@@H]3C)cc(-n3c(C(F)F)nc4ccccc43)n2)CC1)C(C)(C)O. The summed E-state index contributed by atoms with van der Waals surface area (Å²) in [6.07, 6.45) is 1.45. The van der Waals surface area contributed by atoms with Gasteiger partial charge in [0.25, 0.3) is 6.43 Å². The van der Waals surface area contributed by atoms with Crippen LogP contribution in [0.4, 0.5) is 20.5 Å². The zero-order chi connectivity index (χ0) is 29.3. The third-order valence-corrected chi connectivity index (χ3v) is 8.95. The largest absolute Gasteiger partial charge is 0.389 e. The molecule has 0 radical (unpaired) electrons. The summed E-state index contributed by atoms with van der Waals surface area (Å²) < 4.78 is 35.4. The fourth-order valence-corrected chi connectivity index (χ4v) is 6.07. The number of ether oxygens (including phenoxy) is 1. The zero-order valence-electron chi connectivity index (χ0n) is 24.7. The van der Waals surface area contributed by atoms with Crippen molar-refractivity contribution in [3.05, 3.63) is 36.2 Å². The van der Waals surface area contributed by atoms with E-state index in [1.807, 2.05) is 19.9 Å². The molecule has 1 aliphatic carbocycles. The van der Waals surface area contributed by atoms with Gasteiger partial charge in [0.1, 0.15) is 11.6 Å². The summed E-state index contributed by atoms with van der Waals surface area (Å²) in [6.45, 7) is 10.4. The Balaban J connectivity index is 1.38. The molecule has 1 unspecified atom stereocenters. The van der Waals surface area contributed by atoms with Gasteiger partial charge in [0.15, 0.2) is 5.82 Å². The summed E-state index contributed by atoms with van der Waals surface area (Å²) in [5.41, 5.74) is 0.324. The van der Waals surface area contributed by atoms with Crippen LogP contribution >= 0.6 is 0 Å². The number of imidazole rings is 1. The number of aliphatic hydroxyl groups is 1. The molecule has 1 saturated heterocycles. The Morgan fingerprint density at radius 1 is 1.12 bits per heavy atom. The van der Waals surface area contributed by atoms with Crippen molar-refractivity contribution < 1.29 is 18.6 Å². The van der Waals surface area contributed by atoms with E-state index in [0.717, 1.165) is 25.7 Å². The second kappa shape index (κ2) is 12.1. The number of fused-ring (bicyclic) bond motifs is 1. The van der Waals surface area contributed by atoms with Gasteiger partial charge in [0, 0.05) is 31.2 Å². The molecule has 11 heteroatoms. The number of hydrogen-bond acceptors (Lipinski definition) is 8. The highest BCUT2D eigenvalue weighted by molar-refractivity contribution is 5.78. The number of morpholine rings is 1. The predicted octanol–water partition coefficient (Wildman–Crippen LogP) is 5.04. The molecule has 1 saturated carbocycles. The van der Waals surface area contributed by atoms with E-state index >= 15 is 0 Å². The minimum Gasteiger partial charge on any atom is -0.389 e. The molecular weight excluding hydrogens is 528 g/mol. The van der Waals surface area contributed by atoms with Gasteiger partial charge in [-0.2, -0.15) is 9.97 Å². The normalized spacial score (nSPS) is 23.0. The second-order valence-corrected chi connectivity index (χ2v) is 12.2. The Bertz CT molecular complexity index is 1320. The number of para-hydroxylation sites is 2. The fraction of sp³-hybridized carbons (Fsp3) is 0.633. The van der Waals surface area contributed by atoms with E-state index in [1.54, 1.807) is 24.3 Å². The lowest BCUT2D eigenvalue weighted by molar-refractivity contribution is -0.0244. The fourth-order valence-electron chi connectivity index (χ4n) is 6.07. The van der Waals surface area contributed by atoms with Gasteiger partial charge in [-0.1, -0.05) is 12.1 Å². The van der Waals surface area contributed by atoms with Crippen LogP contribution in [0.2, 0.25) is 0 Å². The molecule has 5 rings (SSSR count). The first-order valence-electron chi connectivity index (χ1n) is 14.7. The van der Waals surface area contributed by atoms with Gasteiger partial charge >= 0.3 is 0 Å². The molecule has 2 fully saturated rings. The van der Waals surface area contributed by atoms with Crippen LogP contribution in [0, 0.1) is 5.92 Å². The Kier molecular flexibility index (Phi) is 8.77. The summed E-state index contributed by atoms with van der Waals surface area (Å²) >= 11 is 0. The molecule has 9 nitrogen and oxygen atoms in total. The van der Waals surface area contributed by atoms with Gasteiger partial charge in [-0.3, -0.25) is 9.47 Å². The Hall–Kier alpha value is -2.89. The van der Waals surface area contributed by atoms with Crippen molar-refractivity contribution >= 4 is 22.8 Å². The van der Waals surface area contributed by atoms with Crippen molar-refractivity contribution in [1.29, 1.82) is 0 Å². The van der Waals surface area contributed by atoms with Crippen LogP contribution in [0.15, 0.2) is 30.3 Å². The molecule has 1 aliphatic heterocycles. The zero-order valence-corrected chi connectivity index (χ0v) is 24.7. The maximum Gasteiger partial charge on any atom is 0.296 e. The molecule has 0 amide bonds. The molecule has 2 N–H and O–H groups in total. The lowest BCUT2D eigenvalue weighted by Gasteiger charge is -2.42. The van der Waals surface area contributed by atoms with Gasteiger partial charge in [-0.05, 0) is 78.5 Å². The number of hydrogen-bond donors (Lipinski definition) is 2. The second-order valence-electron chi connectivity index (χ2n) is 12.2. The number of aromatic nitrogens is 4. The first-order chi connectivity index (χ1) is 19.5. The number of anilines is 2. The quantitative estimate of drug-likeness (QED) is 0.369. The van der Waals surface area contributed by atoms with Crippen molar-refractivity contribution in [1.82, 2.24) is 24.4 Å². The average molecular weight is 572 g/mol. The number of nitrogens with zero attached hydrogens (tertiary/aromatic N) is 6. The summed E-state index contributed by atoms with van der Waals surface area (Å²) in [5, 5.41) is 13.9. The third kappa shape index (κ3) is 6.47. The molecule has 0 spiro atoms. The number of rotatable bonds is 9. The number of halogens is 2. The lowest BCUT2D eigenvalue weighted by Crippen LogP contribution is -2.50. The van der Waals surface area contributed by atoms with Crippen LogP contribution in [0.5, 0.6) is 0 Å². The van der Waals surface area contributed by atoms with Crippen LogP contribution in [0.25, 0.3) is 16.9 Å². The highest BCUT2D eigenvalue weighted by Gasteiger charge is 2.33. The molecule has 2 aromatic heterocycles. The number of nitrogens with one attached hydrogen (secondary N) is 1. The van der Waals surface area contributed by atoms with E-state index in [4.69, 9.17) is 14.7 Å². The average Bonchev–Trinajstić information content (AvgIpc) is 3.35. The Morgan fingerprint density at radius 2 is 1.83 bits per heavy atom. The standard InChI is InChI=1S/C30H43F2N7O2/c1-19-18-41-15-14-38(19)25-16-26(39-24-9-7-6-8-23(24)34-28(39)27(31)32)36-29(35-25)33-17-21-10-12-22(13-11-21)37(5)20(2)30(3,4)40/h6-9,16,19-22,27,40H,10-15,17-18H2,1-5H3,(H,33,35,36)/t19-,20?,21-,22-/m0/s1. The van der Waals surface area contributed by atoms with Crippen LogP contribution in [0.3, 0.4) is 0 Å².